The fourth-order valence-electron chi connectivity index (χ4n) is 3.17. The first-order valence-electron chi connectivity index (χ1n) is 8.18. The van der Waals surface area contributed by atoms with E-state index in [2.05, 4.69) is 15.3 Å². The van der Waals surface area contributed by atoms with Gasteiger partial charge in [0.15, 0.2) is 0 Å². The van der Waals surface area contributed by atoms with Crippen LogP contribution in [0.4, 0.5) is 11.5 Å². The SMILES string of the molecule is Cc1nc(Nc2ccccc2SCC(N)=O)c2c3c(sc2n1)CCC3. The van der Waals surface area contributed by atoms with Crippen molar-refractivity contribution in [2.45, 2.75) is 31.1 Å². The van der Waals surface area contributed by atoms with Crippen LogP contribution in [0.25, 0.3) is 10.2 Å². The van der Waals surface area contributed by atoms with Crippen LogP contribution < -0.4 is 11.1 Å². The van der Waals surface area contributed by atoms with E-state index >= 15 is 0 Å². The Balaban J connectivity index is 1.75. The molecule has 1 amide bonds. The third-order valence-electron chi connectivity index (χ3n) is 4.19. The Morgan fingerprint density at radius 2 is 2.16 bits per heavy atom. The van der Waals surface area contributed by atoms with Crippen LogP contribution in [0.5, 0.6) is 0 Å². The number of nitrogens with zero attached hydrogens (tertiary/aromatic N) is 2. The average Bonchev–Trinajstić information content (AvgIpc) is 3.14. The number of aromatic nitrogens is 2. The Morgan fingerprint density at radius 3 is 3.00 bits per heavy atom. The highest BCUT2D eigenvalue weighted by Crippen LogP contribution is 2.41. The number of benzene rings is 1. The molecular weight excluding hydrogens is 352 g/mol. The van der Waals surface area contributed by atoms with Crippen LogP contribution in [-0.4, -0.2) is 21.6 Å². The van der Waals surface area contributed by atoms with Gasteiger partial charge in [0.2, 0.25) is 5.91 Å². The van der Waals surface area contributed by atoms with Gasteiger partial charge in [0.1, 0.15) is 16.5 Å². The van der Waals surface area contributed by atoms with Crippen molar-refractivity contribution >= 4 is 50.7 Å². The number of nitrogens with one attached hydrogen (secondary N) is 1. The van der Waals surface area contributed by atoms with Gasteiger partial charge >= 0.3 is 0 Å². The van der Waals surface area contributed by atoms with Crippen molar-refractivity contribution in [1.29, 1.82) is 0 Å². The number of primary amides is 1. The predicted octanol–water partition coefficient (Wildman–Crippen LogP) is 3.81. The molecule has 0 bridgehead atoms. The number of thiophene rings is 1. The predicted molar refractivity (Wildman–Crippen MR) is 104 cm³/mol. The summed E-state index contributed by atoms with van der Waals surface area (Å²) in [5.74, 6) is 1.55. The van der Waals surface area contributed by atoms with Crippen LogP contribution in [0, 0.1) is 6.92 Å². The van der Waals surface area contributed by atoms with E-state index in [1.54, 1.807) is 11.3 Å². The summed E-state index contributed by atoms with van der Waals surface area (Å²) in [7, 11) is 0. The van der Waals surface area contributed by atoms with Crippen LogP contribution in [0.1, 0.15) is 22.7 Å². The minimum atomic E-state index is -0.323. The Labute approximate surface area is 154 Å². The number of anilines is 2. The first-order chi connectivity index (χ1) is 12.1. The summed E-state index contributed by atoms with van der Waals surface area (Å²) in [6.45, 7) is 1.92. The number of para-hydroxylation sites is 1. The lowest BCUT2D eigenvalue weighted by Crippen LogP contribution is -2.13. The number of carbonyl (C=O) groups is 1. The van der Waals surface area contributed by atoms with Gasteiger partial charge in [-0.1, -0.05) is 12.1 Å². The van der Waals surface area contributed by atoms with Gasteiger partial charge in [0.25, 0.3) is 0 Å². The van der Waals surface area contributed by atoms with E-state index in [-0.39, 0.29) is 11.7 Å². The molecule has 25 heavy (non-hydrogen) atoms. The summed E-state index contributed by atoms with van der Waals surface area (Å²) in [5.41, 5.74) is 7.61. The van der Waals surface area contributed by atoms with Crippen molar-refractivity contribution in [3.63, 3.8) is 0 Å². The quantitative estimate of drug-likeness (QED) is 0.668. The van der Waals surface area contributed by atoms with Gasteiger partial charge in [-0.25, -0.2) is 9.97 Å². The molecule has 0 saturated carbocycles. The number of rotatable bonds is 5. The molecule has 1 aliphatic carbocycles. The van der Waals surface area contributed by atoms with Crippen LogP contribution >= 0.6 is 23.1 Å². The van der Waals surface area contributed by atoms with E-state index in [0.29, 0.717) is 0 Å². The molecule has 0 aliphatic heterocycles. The van der Waals surface area contributed by atoms with E-state index < -0.39 is 0 Å². The first-order valence-corrected chi connectivity index (χ1v) is 9.98. The highest BCUT2D eigenvalue weighted by Gasteiger charge is 2.22. The minimum Gasteiger partial charge on any atom is -0.369 e. The van der Waals surface area contributed by atoms with Crippen molar-refractivity contribution in [1.82, 2.24) is 9.97 Å². The maximum Gasteiger partial charge on any atom is 0.227 e. The summed E-state index contributed by atoms with van der Waals surface area (Å²) >= 11 is 3.22. The van der Waals surface area contributed by atoms with Crippen LogP contribution in [0.2, 0.25) is 0 Å². The zero-order chi connectivity index (χ0) is 17.4. The Bertz CT molecular complexity index is 967. The second-order valence-corrected chi connectivity index (χ2v) is 8.13. The highest BCUT2D eigenvalue weighted by atomic mass is 32.2. The summed E-state index contributed by atoms with van der Waals surface area (Å²) in [4.78, 5) is 23.9. The molecule has 128 valence electrons. The van der Waals surface area contributed by atoms with E-state index in [1.807, 2.05) is 31.2 Å². The fraction of sp³-hybridized carbons (Fsp3) is 0.278. The molecule has 5 nitrogen and oxygen atoms in total. The number of nitrogens with two attached hydrogens (primary N) is 1. The van der Waals surface area contributed by atoms with Crippen LogP contribution in [0.15, 0.2) is 29.2 Å². The normalized spacial score (nSPS) is 13.2. The molecule has 2 heterocycles. The average molecular weight is 371 g/mol. The summed E-state index contributed by atoms with van der Waals surface area (Å²) < 4.78 is 0. The molecular formula is C18H18N4OS2. The van der Waals surface area contributed by atoms with E-state index in [9.17, 15) is 4.79 Å². The first kappa shape index (κ1) is 16.4. The molecule has 0 unspecified atom stereocenters. The van der Waals surface area contributed by atoms with E-state index in [1.165, 1.54) is 28.6 Å². The Kier molecular flexibility index (Phi) is 4.35. The zero-order valence-electron chi connectivity index (χ0n) is 13.8. The number of carbonyl (C=O) groups excluding carboxylic acids is 1. The molecule has 1 aliphatic rings. The van der Waals surface area contributed by atoms with Crippen LogP contribution in [0.3, 0.4) is 0 Å². The molecule has 3 N–H and O–H groups in total. The van der Waals surface area contributed by atoms with Crippen LogP contribution in [-0.2, 0) is 17.6 Å². The van der Waals surface area contributed by atoms with Crippen molar-refractivity contribution in [2.24, 2.45) is 5.73 Å². The standard InChI is InChI=1S/C18H18N4OS2/c1-10-20-17(16-11-5-4-8-13(11)25-18(16)21-10)22-12-6-2-3-7-14(12)24-9-15(19)23/h2-3,6-7H,4-5,8-9H2,1H3,(H2,19,23)(H,20,21,22). The van der Waals surface area contributed by atoms with E-state index in [4.69, 9.17) is 5.73 Å². The Hall–Kier alpha value is -2.12. The van der Waals surface area contributed by atoms with Crippen molar-refractivity contribution in [2.75, 3.05) is 11.1 Å². The van der Waals surface area contributed by atoms with Gasteiger partial charge < -0.3 is 11.1 Å². The third kappa shape index (κ3) is 3.21. The second kappa shape index (κ2) is 6.65. The number of hydrogen-bond acceptors (Lipinski definition) is 6. The number of aryl methyl sites for hydroxylation is 3. The summed E-state index contributed by atoms with van der Waals surface area (Å²) in [5, 5.41) is 4.63. The van der Waals surface area contributed by atoms with Gasteiger partial charge in [-0.3, -0.25) is 4.79 Å². The molecule has 0 saturated heterocycles. The number of fused-ring (bicyclic) bond motifs is 3. The molecule has 1 aromatic carbocycles. The maximum absolute atomic E-state index is 11.1. The number of amides is 1. The maximum atomic E-state index is 11.1. The largest absolute Gasteiger partial charge is 0.369 e. The minimum absolute atomic E-state index is 0.255. The molecule has 0 fully saturated rings. The molecule has 0 spiro atoms. The zero-order valence-corrected chi connectivity index (χ0v) is 15.5. The lowest BCUT2D eigenvalue weighted by atomic mass is 10.2. The summed E-state index contributed by atoms with van der Waals surface area (Å²) in [6.07, 6.45) is 3.43. The summed E-state index contributed by atoms with van der Waals surface area (Å²) in [6, 6.07) is 7.91. The lowest BCUT2D eigenvalue weighted by molar-refractivity contribution is -0.115. The van der Waals surface area contributed by atoms with Gasteiger partial charge in [0, 0.05) is 9.77 Å². The molecule has 0 radical (unpaired) electrons. The van der Waals surface area contributed by atoms with Gasteiger partial charge in [-0.2, -0.15) is 0 Å². The van der Waals surface area contributed by atoms with Gasteiger partial charge in [0.05, 0.1) is 16.8 Å². The monoisotopic (exact) mass is 370 g/mol. The van der Waals surface area contributed by atoms with Crippen molar-refractivity contribution in [3.05, 3.63) is 40.5 Å². The fourth-order valence-corrected chi connectivity index (χ4v) is 5.22. The van der Waals surface area contributed by atoms with Gasteiger partial charge in [-0.15, -0.1) is 23.1 Å². The molecule has 3 aromatic rings. The number of hydrogen-bond donors (Lipinski definition) is 2. The topological polar surface area (TPSA) is 80.9 Å². The van der Waals surface area contributed by atoms with Crippen molar-refractivity contribution < 1.29 is 4.79 Å². The number of thioether (sulfide) groups is 1. The third-order valence-corrected chi connectivity index (χ3v) is 6.47. The molecule has 2 aromatic heterocycles. The van der Waals surface area contributed by atoms with Crippen molar-refractivity contribution in [3.8, 4) is 0 Å². The highest BCUT2D eigenvalue weighted by molar-refractivity contribution is 8.00. The Morgan fingerprint density at radius 1 is 1.32 bits per heavy atom. The van der Waals surface area contributed by atoms with Gasteiger partial charge in [-0.05, 0) is 43.9 Å². The lowest BCUT2D eigenvalue weighted by Gasteiger charge is -2.12. The molecule has 0 atom stereocenters. The molecule has 7 heteroatoms. The smallest absolute Gasteiger partial charge is 0.227 e. The second-order valence-electron chi connectivity index (χ2n) is 6.03. The van der Waals surface area contributed by atoms with E-state index in [0.717, 1.165) is 45.3 Å². The molecule has 4 rings (SSSR count).